The number of nitrogens with zero attached hydrogens (tertiary/aromatic N) is 7. The van der Waals surface area contributed by atoms with Crippen LogP contribution in [0.25, 0.3) is 44.3 Å². The van der Waals surface area contributed by atoms with E-state index in [2.05, 4.69) is 61.2 Å². The molecule has 2 saturated heterocycles. The second-order valence-electron chi connectivity index (χ2n) is 21.1. The molecule has 2 amide bonds. The van der Waals surface area contributed by atoms with Crippen molar-refractivity contribution in [2.75, 3.05) is 4.90 Å². The third-order valence-corrected chi connectivity index (χ3v) is 15.6. The predicted octanol–water partition coefficient (Wildman–Crippen LogP) is 11.4. The van der Waals surface area contributed by atoms with E-state index < -0.39 is 11.2 Å². The lowest BCUT2D eigenvalue weighted by molar-refractivity contribution is -0.123. The fourth-order valence-electron chi connectivity index (χ4n) is 11.7. The average Bonchev–Trinajstić information content (AvgIpc) is 4.09. The number of amides is 2. The Balaban J connectivity index is 0.000000166. The van der Waals surface area contributed by atoms with E-state index in [1.807, 2.05) is 47.6 Å². The number of aryl methyl sites for hydroxylation is 5. The van der Waals surface area contributed by atoms with Gasteiger partial charge in [0.05, 0.1) is 56.7 Å². The zero-order valence-electron chi connectivity index (χ0n) is 41.4. The zero-order valence-corrected chi connectivity index (χ0v) is 41.4. The number of imidazole rings is 2. The summed E-state index contributed by atoms with van der Waals surface area (Å²) in [6, 6.07) is 17.6. The van der Waals surface area contributed by atoms with Gasteiger partial charge >= 0.3 is 0 Å². The van der Waals surface area contributed by atoms with E-state index in [1.54, 1.807) is 17.9 Å². The van der Waals surface area contributed by atoms with Crippen molar-refractivity contribution in [3.05, 3.63) is 101 Å². The molecule has 6 heterocycles. The van der Waals surface area contributed by atoms with Crippen LogP contribution < -0.4 is 10.2 Å². The van der Waals surface area contributed by atoms with Gasteiger partial charge in [0.15, 0.2) is 0 Å². The van der Waals surface area contributed by atoms with Crippen molar-refractivity contribution in [3.8, 4) is 22.3 Å². The first kappa shape index (κ1) is 47.5. The molecule has 11 rings (SSSR count). The predicted molar refractivity (Wildman–Crippen MR) is 266 cm³/mol. The van der Waals surface area contributed by atoms with Gasteiger partial charge in [-0.05, 0) is 179 Å². The molecular formula is C55H65FN8O6. The molecule has 4 aliphatic rings. The SMILES string of the molecule is Cc1ccc(N2C(=O)CCC[C@H]2c2nc3cc(-c4c(C)noc4C)ccc3n2C2CCC(C)(O)CC2)cc1F.Cc1noc(C)c1-c1ccc2c(c1)nc([C@@H]1CCCC(=O)N1)n2C1CCC(C)(O)CC1. The number of nitrogens with one attached hydrogen (secondary N) is 1. The van der Waals surface area contributed by atoms with Crippen LogP contribution >= 0.6 is 0 Å². The van der Waals surface area contributed by atoms with Crippen LogP contribution in [-0.2, 0) is 9.59 Å². The van der Waals surface area contributed by atoms with Crippen LogP contribution in [0.4, 0.5) is 10.1 Å². The highest BCUT2D eigenvalue weighted by Crippen LogP contribution is 2.44. The normalized spacial score (nSPS) is 25.3. The maximum atomic E-state index is 14.6. The van der Waals surface area contributed by atoms with E-state index in [1.165, 1.54) is 6.07 Å². The number of piperidine rings is 2. The topological polar surface area (TPSA) is 178 Å². The lowest BCUT2D eigenvalue weighted by Gasteiger charge is -2.38. The number of fused-ring (bicyclic) bond motifs is 2. The Morgan fingerprint density at radius 2 is 1.17 bits per heavy atom. The van der Waals surface area contributed by atoms with Gasteiger partial charge < -0.3 is 38.6 Å². The van der Waals surface area contributed by atoms with Gasteiger partial charge in [-0.2, -0.15) is 0 Å². The number of benzene rings is 3. The first-order valence-corrected chi connectivity index (χ1v) is 25.2. The Morgan fingerprint density at radius 3 is 1.67 bits per heavy atom. The van der Waals surface area contributed by atoms with Crippen molar-refractivity contribution in [1.82, 2.24) is 34.7 Å². The van der Waals surface area contributed by atoms with Crippen molar-refractivity contribution in [2.45, 2.75) is 174 Å². The number of carbonyl (C=O) groups excluding carboxylic acids is 2. The summed E-state index contributed by atoms with van der Waals surface area (Å²) in [5.74, 6) is 3.06. The summed E-state index contributed by atoms with van der Waals surface area (Å²) >= 11 is 0. The Labute approximate surface area is 407 Å². The van der Waals surface area contributed by atoms with Crippen molar-refractivity contribution < 1.29 is 33.2 Å². The number of anilines is 1. The van der Waals surface area contributed by atoms with E-state index in [4.69, 9.17) is 19.0 Å². The van der Waals surface area contributed by atoms with Gasteiger partial charge in [0.25, 0.3) is 0 Å². The molecule has 4 aromatic heterocycles. The van der Waals surface area contributed by atoms with Crippen molar-refractivity contribution >= 4 is 39.6 Å². The van der Waals surface area contributed by atoms with E-state index in [9.17, 15) is 24.2 Å². The minimum atomic E-state index is -0.671. The molecule has 3 N–H and O–H groups in total. The quantitative estimate of drug-likeness (QED) is 0.139. The molecular weight excluding hydrogens is 888 g/mol. The van der Waals surface area contributed by atoms with Gasteiger partial charge in [0.1, 0.15) is 29.0 Å². The fraction of sp³-hybridized carbons (Fsp3) is 0.491. The maximum absolute atomic E-state index is 14.6. The van der Waals surface area contributed by atoms with Crippen LogP contribution in [0.2, 0.25) is 0 Å². The monoisotopic (exact) mass is 953 g/mol. The number of aromatic nitrogens is 6. The molecule has 0 radical (unpaired) electrons. The molecule has 0 spiro atoms. The molecule has 2 atom stereocenters. The van der Waals surface area contributed by atoms with E-state index in [0.29, 0.717) is 36.9 Å². The summed E-state index contributed by atoms with van der Waals surface area (Å²) in [4.78, 5) is 37.5. The summed E-state index contributed by atoms with van der Waals surface area (Å²) in [6.07, 6.45) is 10.6. The average molecular weight is 953 g/mol. The van der Waals surface area contributed by atoms with Crippen molar-refractivity contribution in [3.63, 3.8) is 0 Å². The Morgan fingerprint density at radius 1 is 0.657 bits per heavy atom. The summed E-state index contributed by atoms with van der Waals surface area (Å²) in [5, 5.41) is 32.5. The smallest absolute Gasteiger partial charge is 0.227 e. The van der Waals surface area contributed by atoms with Gasteiger partial charge in [0.2, 0.25) is 11.8 Å². The molecule has 15 heteroatoms. The molecule has 2 saturated carbocycles. The zero-order chi connectivity index (χ0) is 49.2. The van der Waals surface area contributed by atoms with Gasteiger partial charge in [-0.3, -0.25) is 9.59 Å². The van der Waals surface area contributed by atoms with Gasteiger partial charge in [-0.25, -0.2) is 14.4 Å². The van der Waals surface area contributed by atoms with Crippen molar-refractivity contribution in [2.24, 2.45) is 0 Å². The summed E-state index contributed by atoms with van der Waals surface area (Å²) in [5.41, 5.74) is 9.38. The maximum Gasteiger partial charge on any atom is 0.227 e. The largest absolute Gasteiger partial charge is 0.390 e. The molecule has 368 valence electrons. The van der Waals surface area contributed by atoms with E-state index in [0.717, 1.165) is 143 Å². The molecule has 0 unspecified atom stereocenters. The highest BCUT2D eigenvalue weighted by Gasteiger charge is 2.39. The molecule has 70 heavy (non-hydrogen) atoms. The van der Waals surface area contributed by atoms with Crippen LogP contribution in [0, 0.1) is 40.4 Å². The Hall–Kier alpha value is -6.19. The van der Waals surface area contributed by atoms with Crippen molar-refractivity contribution in [1.29, 1.82) is 0 Å². The second-order valence-corrected chi connectivity index (χ2v) is 21.1. The number of hydrogen-bond donors (Lipinski definition) is 3. The van der Waals surface area contributed by atoms with Gasteiger partial charge in [-0.15, -0.1) is 0 Å². The summed E-state index contributed by atoms with van der Waals surface area (Å²) in [6.45, 7) is 13.3. The van der Waals surface area contributed by atoms with Crippen LogP contribution in [0.5, 0.6) is 0 Å². The lowest BCUT2D eigenvalue weighted by Crippen LogP contribution is -2.40. The number of carbonyl (C=O) groups is 2. The molecule has 4 fully saturated rings. The number of halogens is 1. The molecule has 2 aliphatic carbocycles. The highest BCUT2D eigenvalue weighted by atomic mass is 19.1. The number of hydrogen-bond acceptors (Lipinski definition) is 10. The van der Waals surface area contributed by atoms with Crippen LogP contribution in [-0.4, -0.2) is 62.6 Å². The van der Waals surface area contributed by atoms with Crippen LogP contribution in [0.15, 0.2) is 63.6 Å². The summed E-state index contributed by atoms with van der Waals surface area (Å²) in [7, 11) is 0. The Kier molecular flexibility index (Phi) is 12.6. The van der Waals surface area contributed by atoms with E-state index in [-0.39, 0.29) is 41.8 Å². The van der Waals surface area contributed by atoms with Gasteiger partial charge in [-0.1, -0.05) is 28.5 Å². The molecule has 7 aromatic rings. The number of rotatable bonds is 7. The highest BCUT2D eigenvalue weighted by molar-refractivity contribution is 5.95. The lowest BCUT2D eigenvalue weighted by atomic mass is 9.83. The first-order valence-electron chi connectivity index (χ1n) is 25.2. The first-order chi connectivity index (χ1) is 33.4. The number of aliphatic hydroxyl groups is 2. The minimum absolute atomic E-state index is 0.0175. The third-order valence-electron chi connectivity index (χ3n) is 15.6. The third kappa shape index (κ3) is 9.06. The standard InChI is InChI=1S/C31H35FN4O3.C24H30N4O3/c1-18-8-10-23(17-24(18)32)35-27(6-5-7-28(35)37)30-33-25-16-21(29-19(2)34-39-20(29)3)9-11-26(25)36(30)22-12-14-31(4,38)15-13-22;1-14-22(15(2)31-27-14)16-7-8-20-19(13-16)26-23(18-5-4-6-21(29)25-18)28(20)17-9-11-24(3,30)12-10-17/h8-11,16-17,22,27,38H,5-7,12-15H2,1-4H3;7-8,13,17-18,30H,4-6,9-12H2,1-3H3,(H,25,29)/t22?,27-,31?;17?,18-,24?/m00/s1. The summed E-state index contributed by atoms with van der Waals surface area (Å²) < 4.78 is 30.1. The molecule has 3 aromatic carbocycles. The van der Waals surface area contributed by atoms with E-state index >= 15 is 0 Å². The molecule has 14 nitrogen and oxygen atoms in total. The fourth-order valence-corrected chi connectivity index (χ4v) is 11.7. The second kappa shape index (κ2) is 18.5. The Bertz CT molecular complexity index is 3060. The minimum Gasteiger partial charge on any atom is -0.390 e. The molecule has 0 bridgehead atoms. The van der Waals surface area contributed by atoms with Gasteiger partial charge in [0, 0.05) is 41.7 Å². The molecule has 2 aliphatic heterocycles. The van der Waals surface area contributed by atoms with Crippen LogP contribution in [0.1, 0.15) is 168 Å². The van der Waals surface area contributed by atoms with Crippen LogP contribution in [0.3, 0.4) is 0 Å².